The van der Waals surface area contributed by atoms with Crippen LogP contribution in [0.15, 0.2) is 12.7 Å². The van der Waals surface area contributed by atoms with Gasteiger partial charge in [0.2, 0.25) is 0 Å². The molecule has 3 heteroatoms. The molecule has 70 valence electrons. The fraction of sp³-hybridized carbons (Fsp3) is 0.778. The van der Waals surface area contributed by atoms with Crippen LogP contribution < -0.4 is 0 Å². The maximum absolute atomic E-state index is 9.49. The molecular weight excluding hydrogens is 156 g/mol. The summed E-state index contributed by atoms with van der Waals surface area (Å²) in [6.45, 7) is 6.89. The van der Waals surface area contributed by atoms with Gasteiger partial charge in [-0.25, -0.2) is 0 Å². The van der Waals surface area contributed by atoms with E-state index in [1.54, 1.807) is 19.9 Å². The third-order valence-electron chi connectivity index (χ3n) is 1.88. The van der Waals surface area contributed by atoms with Gasteiger partial charge in [0.1, 0.15) is 12.2 Å². The SMILES string of the molecule is C=CC1OC1C(O)CC(C)(C)O. The van der Waals surface area contributed by atoms with Crippen LogP contribution in [0.25, 0.3) is 0 Å². The maximum atomic E-state index is 9.49. The molecule has 0 aliphatic carbocycles. The summed E-state index contributed by atoms with van der Waals surface area (Å²) in [5, 5.41) is 18.9. The van der Waals surface area contributed by atoms with Gasteiger partial charge in [-0.3, -0.25) is 0 Å². The molecule has 0 aromatic carbocycles. The first-order valence-corrected chi connectivity index (χ1v) is 4.12. The van der Waals surface area contributed by atoms with Gasteiger partial charge in [0.15, 0.2) is 0 Å². The van der Waals surface area contributed by atoms with Gasteiger partial charge in [-0.1, -0.05) is 6.08 Å². The number of aliphatic hydroxyl groups is 2. The Hall–Kier alpha value is -0.380. The van der Waals surface area contributed by atoms with Crippen LogP contribution in [0.5, 0.6) is 0 Å². The van der Waals surface area contributed by atoms with Crippen LogP contribution in [0.1, 0.15) is 20.3 Å². The summed E-state index contributed by atoms with van der Waals surface area (Å²) < 4.78 is 5.09. The number of epoxide rings is 1. The molecule has 1 heterocycles. The van der Waals surface area contributed by atoms with Gasteiger partial charge >= 0.3 is 0 Å². The first kappa shape index (κ1) is 9.71. The van der Waals surface area contributed by atoms with Crippen molar-refractivity contribution in [2.24, 2.45) is 0 Å². The second-order valence-electron chi connectivity index (χ2n) is 3.88. The summed E-state index contributed by atoms with van der Waals surface area (Å²) in [5.41, 5.74) is -0.836. The first-order valence-electron chi connectivity index (χ1n) is 4.12. The van der Waals surface area contributed by atoms with E-state index >= 15 is 0 Å². The standard InChI is InChI=1S/C9H16O3/c1-4-7-8(12-7)6(10)5-9(2,3)11/h4,6-8,10-11H,1,5H2,2-3H3. The van der Waals surface area contributed by atoms with Crippen LogP contribution in [0.4, 0.5) is 0 Å². The lowest BCUT2D eigenvalue weighted by molar-refractivity contribution is 0.00875. The van der Waals surface area contributed by atoms with Crippen molar-refractivity contribution >= 4 is 0 Å². The molecule has 1 aliphatic heterocycles. The lowest BCUT2D eigenvalue weighted by atomic mass is 9.98. The van der Waals surface area contributed by atoms with Crippen molar-refractivity contribution in [3.63, 3.8) is 0 Å². The van der Waals surface area contributed by atoms with E-state index in [0.29, 0.717) is 6.42 Å². The number of aliphatic hydroxyl groups excluding tert-OH is 1. The van der Waals surface area contributed by atoms with Crippen molar-refractivity contribution in [1.82, 2.24) is 0 Å². The third-order valence-corrected chi connectivity index (χ3v) is 1.88. The quantitative estimate of drug-likeness (QED) is 0.478. The molecule has 3 nitrogen and oxygen atoms in total. The predicted octanol–water partition coefficient (Wildman–Crippen LogP) is 0.462. The Balaban J connectivity index is 2.31. The highest BCUT2D eigenvalue weighted by Gasteiger charge is 2.43. The van der Waals surface area contributed by atoms with Crippen LogP contribution in [-0.2, 0) is 4.74 Å². The molecule has 1 aliphatic rings. The minimum Gasteiger partial charge on any atom is -0.390 e. The van der Waals surface area contributed by atoms with E-state index in [1.807, 2.05) is 0 Å². The van der Waals surface area contributed by atoms with Crippen LogP contribution in [0.2, 0.25) is 0 Å². The molecule has 0 saturated carbocycles. The van der Waals surface area contributed by atoms with Gasteiger partial charge in [-0.05, 0) is 13.8 Å². The van der Waals surface area contributed by atoms with Crippen molar-refractivity contribution in [3.05, 3.63) is 12.7 Å². The van der Waals surface area contributed by atoms with Crippen molar-refractivity contribution in [1.29, 1.82) is 0 Å². The summed E-state index contributed by atoms with van der Waals surface area (Å²) >= 11 is 0. The summed E-state index contributed by atoms with van der Waals surface area (Å²) in [7, 11) is 0. The smallest absolute Gasteiger partial charge is 0.114 e. The van der Waals surface area contributed by atoms with E-state index < -0.39 is 11.7 Å². The van der Waals surface area contributed by atoms with Crippen molar-refractivity contribution in [2.75, 3.05) is 0 Å². The molecule has 0 aromatic rings. The zero-order chi connectivity index (χ0) is 9.35. The van der Waals surface area contributed by atoms with Gasteiger partial charge in [-0.2, -0.15) is 0 Å². The molecule has 0 spiro atoms. The molecule has 1 fully saturated rings. The topological polar surface area (TPSA) is 53.0 Å². The molecule has 3 unspecified atom stereocenters. The van der Waals surface area contributed by atoms with Gasteiger partial charge in [-0.15, -0.1) is 6.58 Å². The Morgan fingerprint density at radius 3 is 2.58 bits per heavy atom. The van der Waals surface area contributed by atoms with Gasteiger partial charge in [0, 0.05) is 6.42 Å². The number of ether oxygens (including phenoxy) is 1. The average molecular weight is 172 g/mol. The molecular formula is C9H16O3. The molecule has 1 rings (SSSR count). The second kappa shape index (κ2) is 3.17. The van der Waals surface area contributed by atoms with Crippen molar-refractivity contribution in [3.8, 4) is 0 Å². The van der Waals surface area contributed by atoms with Gasteiger partial charge in [0.05, 0.1) is 11.7 Å². The minimum atomic E-state index is -0.836. The van der Waals surface area contributed by atoms with Crippen LogP contribution >= 0.6 is 0 Å². The van der Waals surface area contributed by atoms with Crippen molar-refractivity contribution in [2.45, 2.75) is 44.2 Å². The van der Waals surface area contributed by atoms with E-state index in [4.69, 9.17) is 4.74 Å². The van der Waals surface area contributed by atoms with E-state index in [-0.39, 0.29) is 12.2 Å². The summed E-state index contributed by atoms with van der Waals surface area (Å²) in [5.74, 6) is 0. The van der Waals surface area contributed by atoms with Crippen molar-refractivity contribution < 1.29 is 14.9 Å². The summed E-state index contributed by atoms with van der Waals surface area (Å²) in [6, 6.07) is 0. The van der Waals surface area contributed by atoms with E-state index in [9.17, 15) is 10.2 Å². The summed E-state index contributed by atoms with van der Waals surface area (Å²) in [6.07, 6.45) is 1.23. The fourth-order valence-electron chi connectivity index (χ4n) is 1.26. The lowest BCUT2D eigenvalue weighted by Gasteiger charge is -2.19. The summed E-state index contributed by atoms with van der Waals surface area (Å²) in [4.78, 5) is 0. The second-order valence-corrected chi connectivity index (χ2v) is 3.88. The molecule has 2 N–H and O–H groups in total. The Morgan fingerprint density at radius 1 is 1.67 bits per heavy atom. The number of rotatable bonds is 4. The maximum Gasteiger partial charge on any atom is 0.114 e. The van der Waals surface area contributed by atoms with Gasteiger partial charge in [0.25, 0.3) is 0 Å². The first-order chi connectivity index (χ1) is 5.44. The van der Waals surface area contributed by atoms with E-state index in [2.05, 4.69) is 6.58 Å². The largest absolute Gasteiger partial charge is 0.390 e. The number of hydrogen-bond acceptors (Lipinski definition) is 3. The molecule has 3 atom stereocenters. The molecule has 0 aromatic heterocycles. The van der Waals surface area contributed by atoms with Crippen LogP contribution in [0.3, 0.4) is 0 Å². The van der Waals surface area contributed by atoms with Crippen LogP contribution in [0, 0.1) is 0 Å². The fourth-order valence-corrected chi connectivity index (χ4v) is 1.26. The zero-order valence-corrected chi connectivity index (χ0v) is 7.53. The Kier molecular flexibility index (Phi) is 2.56. The van der Waals surface area contributed by atoms with Crippen LogP contribution in [-0.4, -0.2) is 34.1 Å². The Labute approximate surface area is 72.7 Å². The molecule has 1 saturated heterocycles. The molecule has 0 amide bonds. The van der Waals surface area contributed by atoms with Gasteiger partial charge < -0.3 is 14.9 Å². The van der Waals surface area contributed by atoms with E-state index in [0.717, 1.165) is 0 Å². The number of hydrogen-bond donors (Lipinski definition) is 2. The lowest BCUT2D eigenvalue weighted by Crippen LogP contribution is -2.29. The zero-order valence-electron chi connectivity index (χ0n) is 7.53. The Bertz CT molecular complexity index is 171. The monoisotopic (exact) mass is 172 g/mol. The van der Waals surface area contributed by atoms with E-state index in [1.165, 1.54) is 0 Å². The highest BCUT2D eigenvalue weighted by Crippen LogP contribution is 2.29. The Morgan fingerprint density at radius 2 is 2.25 bits per heavy atom. The molecule has 0 radical (unpaired) electrons. The third kappa shape index (κ3) is 2.59. The highest BCUT2D eigenvalue weighted by molar-refractivity contribution is 5.02. The molecule has 0 bridgehead atoms. The normalized spacial score (nSPS) is 31.3. The minimum absolute atomic E-state index is 0.0256. The highest BCUT2D eigenvalue weighted by atomic mass is 16.6. The molecule has 12 heavy (non-hydrogen) atoms. The average Bonchev–Trinajstić information content (AvgIpc) is 2.60. The predicted molar refractivity (Wildman–Crippen MR) is 45.8 cm³/mol.